The molecule has 5 rings (SSSR count). The molecule has 1 atom stereocenters. The van der Waals surface area contributed by atoms with Crippen molar-refractivity contribution in [3.05, 3.63) is 83.7 Å². The number of nitrogens with zero attached hydrogens (tertiary/aromatic N) is 2. The van der Waals surface area contributed by atoms with Gasteiger partial charge in [0.25, 0.3) is 10.0 Å². The van der Waals surface area contributed by atoms with Crippen LogP contribution in [0.25, 0.3) is 0 Å². The molecule has 1 aliphatic heterocycles. The number of fused-ring (bicyclic) bond motifs is 1. The number of aryl methyl sites for hydroxylation is 1. The van der Waals surface area contributed by atoms with Crippen molar-refractivity contribution in [1.29, 1.82) is 0 Å². The highest BCUT2D eigenvalue weighted by atomic mass is 32.2. The predicted molar refractivity (Wildman–Crippen MR) is 165 cm³/mol. The number of halogens is 1. The lowest BCUT2D eigenvalue weighted by molar-refractivity contribution is -0.140. The molecule has 0 bridgehead atoms. The van der Waals surface area contributed by atoms with Crippen molar-refractivity contribution in [3.63, 3.8) is 0 Å². The Morgan fingerprint density at radius 2 is 1.61 bits per heavy atom. The van der Waals surface area contributed by atoms with E-state index >= 15 is 0 Å². The smallest absolute Gasteiger partial charge is 0.264 e. The fourth-order valence-corrected chi connectivity index (χ4v) is 7.05. The molecule has 2 amide bonds. The molecule has 3 aromatic carbocycles. The zero-order valence-corrected chi connectivity index (χ0v) is 25.8. The number of carbonyl (C=O) groups is 2. The van der Waals surface area contributed by atoms with Crippen LogP contribution in [0.15, 0.2) is 71.6 Å². The molecular formula is C33H38FN3O6S. The van der Waals surface area contributed by atoms with E-state index in [1.807, 2.05) is 38.1 Å². The minimum atomic E-state index is -4.35. The van der Waals surface area contributed by atoms with E-state index in [-0.39, 0.29) is 41.4 Å². The molecule has 1 heterocycles. The number of rotatable bonds is 11. The number of hydrogen-bond acceptors (Lipinski definition) is 6. The minimum Gasteiger partial charge on any atom is -0.486 e. The second-order valence-electron chi connectivity index (χ2n) is 11.2. The average molecular weight is 624 g/mol. The molecule has 3 aromatic rings. The van der Waals surface area contributed by atoms with Gasteiger partial charge in [-0.25, -0.2) is 12.8 Å². The average Bonchev–Trinajstić information content (AvgIpc) is 3.54. The Balaban J connectivity index is 1.50. The van der Waals surface area contributed by atoms with Crippen molar-refractivity contribution >= 4 is 27.5 Å². The second kappa shape index (κ2) is 13.7. The Kier molecular flexibility index (Phi) is 9.73. The molecule has 2 aliphatic rings. The third-order valence-electron chi connectivity index (χ3n) is 8.06. The van der Waals surface area contributed by atoms with Crippen molar-refractivity contribution < 1.29 is 31.9 Å². The number of hydrogen-bond donors (Lipinski definition) is 1. The first-order valence-corrected chi connectivity index (χ1v) is 16.4. The summed E-state index contributed by atoms with van der Waals surface area (Å²) in [6.45, 7) is 3.90. The van der Waals surface area contributed by atoms with E-state index < -0.39 is 34.3 Å². The highest BCUT2D eigenvalue weighted by Gasteiger charge is 2.35. The summed E-state index contributed by atoms with van der Waals surface area (Å²) in [6, 6.07) is 16.0. The molecule has 0 radical (unpaired) electrons. The summed E-state index contributed by atoms with van der Waals surface area (Å²) >= 11 is 0. The highest BCUT2D eigenvalue weighted by molar-refractivity contribution is 7.92. The van der Waals surface area contributed by atoms with Crippen molar-refractivity contribution in [1.82, 2.24) is 10.2 Å². The van der Waals surface area contributed by atoms with Crippen LogP contribution in [-0.4, -0.2) is 57.0 Å². The molecule has 0 unspecified atom stereocenters. The van der Waals surface area contributed by atoms with E-state index in [1.165, 1.54) is 35.2 Å². The van der Waals surface area contributed by atoms with E-state index in [9.17, 15) is 22.4 Å². The van der Waals surface area contributed by atoms with E-state index in [0.29, 0.717) is 18.8 Å². The molecular weight excluding hydrogens is 585 g/mol. The predicted octanol–water partition coefficient (Wildman–Crippen LogP) is 4.97. The summed E-state index contributed by atoms with van der Waals surface area (Å²) in [5.41, 5.74) is 1.96. The number of sulfonamides is 1. The molecule has 0 spiro atoms. The number of anilines is 1. The first-order valence-electron chi connectivity index (χ1n) is 15.0. The van der Waals surface area contributed by atoms with Crippen molar-refractivity contribution in [3.8, 4) is 11.5 Å². The lowest BCUT2D eigenvalue weighted by atomic mass is 10.1. The van der Waals surface area contributed by atoms with Crippen LogP contribution in [-0.2, 0) is 26.2 Å². The quantitative estimate of drug-likeness (QED) is 0.324. The monoisotopic (exact) mass is 623 g/mol. The van der Waals surface area contributed by atoms with E-state index in [4.69, 9.17) is 9.47 Å². The summed E-state index contributed by atoms with van der Waals surface area (Å²) in [5, 5.41) is 3.10. The molecule has 1 saturated carbocycles. The van der Waals surface area contributed by atoms with Crippen molar-refractivity contribution in [2.45, 2.75) is 69.5 Å². The van der Waals surface area contributed by atoms with E-state index in [2.05, 4.69) is 5.32 Å². The minimum absolute atomic E-state index is 0.0548. The van der Waals surface area contributed by atoms with E-state index in [0.717, 1.165) is 53.2 Å². The van der Waals surface area contributed by atoms with Gasteiger partial charge in [-0.2, -0.15) is 0 Å². The fourth-order valence-electron chi connectivity index (χ4n) is 5.62. The van der Waals surface area contributed by atoms with Crippen LogP contribution in [0.1, 0.15) is 50.2 Å². The number of amides is 2. The van der Waals surface area contributed by atoms with Gasteiger partial charge in [-0.1, -0.05) is 49.6 Å². The third-order valence-corrected chi connectivity index (χ3v) is 9.83. The summed E-state index contributed by atoms with van der Waals surface area (Å²) in [7, 11) is -4.35. The van der Waals surface area contributed by atoms with Crippen LogP contribution in [0.5, 0.6) is 11.5 Å². The zero-order valence-electron chi connectivity index (χ0n) is 25.0. The number of nitrogens with one attached hydrogen (secondary N) is 1. The maximum Gasteiger partial charge on any atom is 0.264 e. The van der Waals surface area contributed by atoms with Crippen LogP contribution < -0.4 is 19.1 Å². The summed E-state index contributed by atoms with van der Waals surface area (Å²) < 4.78 is 54.3. The Hall–Kier alpha value is -4.12. The van der Waals surface area contributed by atoms with Crippen LogP contribution in [0.2, 0.25) is 0 Å². The maximum absolute atomic E-state index is 14.2. The summed E-state index contributed by atoms with van der Waals surface area (Å²) in [6.07, 6.45) is 4.19. The van der Waals surface area contributed by atoms with Gasteiger partial charge >= 0.3 is 0 Å². The first-order chi connectivity index (χ1) is 21.2. The van der Waals surface area contributed by atoms with Gasteiger partial charge < -0.3 is 19.7 Å². The maximum atomic E-state index is 14.2. The Morgan fingerprint density at radius 3 is 2.27 bits per heavy atom. The molecule has 9 nitrogen and oxygen atoms in total. The van der Waals surface area contributed by atoms with Gasteiger partial charge in [-0.05, 0) is 68.1 Å². The van der Waals surface area contributed by atoms with Crippen molar-refractivity contribution in [2.75, 3.05) is 24.1 Å². The molecule has 1 N–H and O–H groups in total. The standard InChI is InChI=1S/C33H38FN3O6S/c1-3-29(33(39)35-26-6-4-5-7-26)36(21-24-10-8-23(2)9-11-24)32(38)22-37(27-14-12-25(34)13-15-27)44(40,41)28-16-17-30-31(20-28)43-19-18-42-30/h8-17,20,26,29H,3-7,18-19,21-22H2,1-2H3,(H,35,39)/t29-/m1/s1. The van der Waals surface area contributed by atoms with Crippen LogP contribution >= 0.6 is 0 Å². The van der Waals surface area contributed by atoms with Gasteiger partial charge in [0.15, 0.2) is 11.5 Å². The molecule has 0 saturated heterocycles. The SMILES string of the molecule is CC[C@H](C(=O)NC1CCCC1)N(Cc1ccc(C)cc1)C(=O)CN(c1ccc(F)cc1)S(=O)(=O)c1ccc2c(c1)OCCO2. The first kappa shape index (κ1) is 31.3. The van der Waals surface area contributed by atoms with Gasteiger partial charge in [0, 0.05) is 18.7 Å². The molecule has 1 aliphatic carbocycles. The number of carbonyl (C=O) groups excluding carboxylic acids is 2. The lowest BCUT2D eigenvalue weighted by Crippen LogP contribution is -2.53. The van der Waals surface area contributed by atoms with Crippen LogP contribution in [0.3, 0.4) is 0 Å². The molecule has 1 fully saturated rings. The Morgan fingerprint density at radius 1 is 0.955 bits per heavy atom. The number of ether oxygens (including phenoxy) is 2. The third kappa shape index (κ3) is 7.15. The highest BCUT2D eigenvalue weighted by Crippen LogP contribution is 2.34. The fraction of sp³-hybridized carbons (Fsp3) is 0.394. The molecule has 11 heteroatoms. The van der Waals surface area contributed by atoms with Crippen LogP contribution in [0, 0.1) is 12.7 Å². The van der Waals surface area contributed by atoms with Crippen molar-refractivity contribution in [2.24, 2.45) is 0 Å². The Bertz CT molecular complexity index is 1570. The van der Waals surface area contributed by atoms with Gasteiger partial charge in [-0.3, -0.25) is 13.9 Å². The Labute approximate surface area is 258 Å². The molecule has 0 aromatic heterocycles. The van der Waals surface area contributed by atoms with Gasteiger partial charge in [0.1, 0.15) is 31.6 Å². The zero-order chi connectivity index (χ0) is 31.3. The van der Waals surface area contributed by atoms with Crippen LogP contribution in [0.4, 0.5) is 10.1 Å². The molecule has 44 heavy (non-hydrogen) atoms. The number of benzene rings is 3. The topological polar surface area (TPSA) is 105 Å². The largest absolute Gasteiger partial charge is 0.486 e. The lowest BCUT2D eigenvalue weighted by Gasteiger charge is -2.34. The molecule has 234 valence electrons. The second-order valence-corrected chi connectivity index (χ2v) is 13.1. The normalized spacial score (nSPS) is 15.4. The summed E-state index contributed by atoms with van der Waals surface area (Å²) in [5.74, 6) is -0.680. The van der Waals surface area contributed by atoms with E-state index in [1.54, 1.807) is 0 Å². The van der Waals surface area contributed by atoms with Gasteiger partial charge in [0.05, 0.1) is 10.6 Å². The van der Waals surface area contributed by atoms with Gasteiger partial charge in [0.2, 0.25) is 11.8 Å². The van der Waals surface area contributed by atoms with Gasteiger partial charge in [-0.15, -0.1) is 0 Å². The summed E-state index contributed by atoms with van der Waals surface area (Å²) in [4.78, 5) is 29.1.